The average molecular weight is 515 g/mol. The van der Waals surface area contributed by atoms with Crippen molar-refractivity contribution >= 4 is 11.0 Å². The summed E-state index contributed by atoms with van der Waals surface area (Å²) in [6.07, 6.45) is 10.9. The number of fused-ring (bicyclic) bond motifs is 2. The molecule has 6 heteroatoms. The van der Waals surface area contributed by atoms with E-state index < -0.39 is 0 Å². The number of rotatable bonds is 8. The minimum atomic E-state index is 0.369. The van der Waals surface area contributed by atoms with Gasteiger partial charge in [0.25, 0.3) is 0 Å². The molecule has 4 heterocycles. The second-order valence-corrected chi connectivity index (χ2v) is 12.4. The molecule has 0 N–H and O–H groups in total. The first-order chi connectivity index (χ1) is 18.6. The van der Waals surface area contributed by atoms with Gasteiger partial charge in [-0.2, -0.15) is 0 Å². The summed E-state index contributed by atoms with van der Waals surface area (Å²) in [6.45, 7) is 11.6. The summed E-state index contributed by atoms with van der Waals surface area (Å²) in [6, 6.07) is 14.9. The SMILES string of the molecule is CC(C)N1CCC[C@@H]1CN1CCC[C@H](Cn2c(CN(C)[C@H]3CCCc4cccnc43)nc3ccccc32)C1. The van der Waals surface area contributed by atoms with Crippen LogP contribution >= 0.6 is 0 Å². The Morgan fingerprint density at radius 2 is 1.84 bits per heavy atom. The van der Waals surface area contributed by atoms with Crippen molar-refractivity contribution in [2.24, 2.45) is 5.92 Å². The monoisotopic (exact) mass is 514 g/mol. The van der Waals surface area contributed by atoms with Crippen molar-refractivity contribution in [3.63, 3.8) is 0 Å². The van der Waals surface area contributed by atoms with E-state index in [9.17, 15) is 0 Å². The zero-order valence-corrected chi connectivity index (χ0v) is 23.7. The molecule has 38 heavy (non-hydrogen) atoms. The van der Waals surface area contributed by atoms with Crippen molar-refractivity contribution in [3.8, 4) is 0 Å². The number of para-hydroxylation sites is 2. The predicted octanol–water partition coefficient (Wildman–Crippen LogP) is 5.53. The molecule has 2 saturated heterocycles. The van der Waals surface area contributed by atoms with Gasteiger partial charge in [0.1, 0.15) is 5.82 Å². The van der Waals surface area contributed by atoms with E-state index in [1.807, 2.05) is 6.20 Å². The van der Waals surface area contributed by atoms with Gasteiger partial charge in [-0.1, -0.05) is 18.2 Å². The Kier molecular flexibility index (Phi) is 7.82. The normalized spacial score (nSPS) is 25.0. The summed E-state index contributed by atoms with van der Waals surface area (Å²) in [5, 5.41) is 0. The molecule has 0 spiro atoms. The molecule has 0 saturated carbocycles. The van der Waals surface area contributed by atoms with Crippen LogP contribution in [0, 0.1) is 5.92 Å². The fourth-order valence-electron chi connectivity index (χ4n) is 7.55. The third-order valence-corrected chi connectivity index (χ3v) is 9.42. The van der Waals surface area contributed by atoms with Crippen molar-refractivity contribution in [1.82, 2.24) is 29.2 Å². The van der Waals surface area contributed by atoms with Gasteiger partial charge in [-0.25, -0.2) is 4.98 Å². The fraction of sp³-hybridized carbons (Fsp3) is 0.625. The molecule has 2 aliphatic heterocycles. The Bertz CT molecular complexity index is 1220. The van der Waals surface area contributed by atoms with Gasteiger partial charge in [0.05, 0.1) is 29.3 Å². The predicted molar refractivity (Wildman–Crippen MR) is 155 cm³/mol. The standard InChI is InChI=1S/C32H46N6/c1-24(2)37-19-9-13-27(37)22-36-18-8-10-25(20-36)21-38-29-15-5-4-14-28(29)34-31(38)23-35(3)30-16-6-11-26-12-7-17-33-32(26)30/h4-5,7,12,14-15,17,24-25,27,30H,6,8-11,13,16,18-23H2,1-3H3/t25-,27+,30-/m0/s1. The Hall–Kier alpha value is -2.28. The van der Waals surface area contributed by atoms with Crippen LogP contribution in [0.5, 0.6) is 0 Å². The molecule has 6 nitrogen and oxygen atoms in total. The minimum absolute atomic E-state index is 0.369. The molecule has 0 bridgehead atoms. The maximum Gasteiger partial charge on any atom is 0.124 e. The van der Waals surface area contributed by atoms with Gasteiger partial charge in [-0.05, 0) is 109 Å². The quantitative estimate of drug-likeness (QED) is 0.396. The number of hydrogen-bond donors (Lipinski definition) is 0. The number of aryl methyl sites for hydroxylation is 1. The molecule has 6 rings (SSSR count). The second kappa shape index (κ2) is 11.4. The van der Waals surface area contributed by atoms with Crippen LogP contribution in [0.15, 0.2) is 42.6 Å². The summed E-state index contributed by atoms with van der Waals surface area (Å²) in [5.74, 6) is 1.88. The van der Waals surface area contributed by atoms with Crippen LogP contribution in [0.4, 0.5) is 0 Å². The Morgan fingerprint density at radius 1 is 0.974 bits per heavy atom. The van der Waals surface area contributed by atoms with E-state index in [2.05, 4.69) is 76.6 Å². The number of piperidine rings is 1. The van der Waals surface area contributed by atoms with Gasteiger partial charge >= 0.3 is 0 Å². The van der Waals surface area contributed by atoms with Crippen molar-refractivity contribution in [2.75, 3.05) is 33.2 Å². The van der Waals surface area contributed by atoms with Crippen molar-refractivity contribution in [1.29, 1.82) is 0 Å². The first kappa shape index (κ1) is 26.0. The number of imidazole rings is 1. The van der Waals surface area contributed by atoms with Gasteiger partial charge in [0.2, 0.25) is 0 Å². The zero-order chi connectivity index (χ0) is 26.1. The fourth-order valence-corrected chi connectivity index (χ4v) is 7.55. The lowest BCUT2D eigenvalue weighted by Gasteiger charge is -2.38. The summed E-state index contributed by atoms with van der Waals surface area (Å²) in [7, 11) is 2.27. The first-order valence-electron chi connectivity index (χ1n) is 15.1. The Labute approximate surface area is 229 Å². The van der Waals surface area contributed by atoms with Crippen LogP contribution in [-0.2, 0) is 19.5 Å². The second-order valence-electron chi connectivity index (χ2n) is 12.4. The molecule has 3 aliphatic rings. The van der Waals surface area contributed by atoms with Crippen molar-refractivity contribution in [3.05, 3.63) is 59.7 Å². The van der Waals surface area contributed by atoms with Crippen molar-refractivity contribution in [2.45, 2.75) is 90.0 Å². The lowest BCUT2D eigenvalue weighted by atomic mass is 9.91. The van der Waals surface area contributed by atoms with Gasteiger partial charge < -0.3 is 9.47 Å². The highest BCUT2D eigenvalue weighted by Gasteiger charge is 2.31. The smallest absolute Gasteiger partial charge is 0.124 e. The lowest BCUT2D eigenvalue weighted by Crippen LogP contribution is -2.46. The summed E-state index contributed by atoms with van der Waals surface area (Å²) in [4.78, 5) is 18.0. The van der Waals surface area contributed by atoms with Gasteiger partial charge in [0.15, 0.2) is 0 Å². The topological polar surface area (TPSA) is 40.4 Å². The molecule has 0 radical (unpaired) electrons. The van der Waals surface area contributed by atoms with E-state index in [1.165, 1.54) is 87.3 Å². The zero-order valence-electron chi connectivity index (χ0n) is 23.7. The van der Waals surface area contributed by atoms with E-state index in [0.29, 0.717) is 18.0 Å². The number of hydrogen-bond acceptors (Lipinski definition) is 5. The third-order valence-electron chi connectivity index (χ3n) is 9.42. The van der Waals surface area contributed by atoms with Crippen molar-refractivity contribution < 1.29 is 0 Å². The molecule has 2 fully saturated rings. The van der Waals surface area contributed by atoms with Crippen LogP contribution in [-0.4, -0.2) is 74.5 Å². The first-order valence-corrected chi connectivity index (χ1v) is 15.1. The Morgan fingerprint density at radius 3 is 2.74 bits per heavy atom. The van der Waals surface area contributed by atoms with E-state index in [0.717, 1.165) is 31.1 Å². The molecule has 204 valence electrons. The lowest BCUT2D eigenvalue weighted by molar-refractivity contribution is 0.106. The largest absolute Gasteiger partial charge is 0.327 e. The van der Waals surface area contributed by atoms with E-state index in [4.69, 9.17) is 9.97 Å². The molecule has 0 amide bonds. The summed E-state index contributed by atoms with van der Waals surface area (Å²) < 4.78 is 2.55. The molecule has 2 aromatic heterocycles. The highest BCUT2D eigenvalue weighted by atomic mass is 15.3. The highest BCUT2D eigenvalue weighted by molar-refractivity contribution is 5.75. The molecule has 1 aliphatic carbocycles. The minimum Gasteiger partial charge on any atom is -0.327 e. The molecular weight excluding hydrogens is 468 g/mol. The number of likely N-dealkylation sites (tertiary alicyclic amines) is 2. The molecule has 3 aromatic rings. The van der Waals surface area contributed by atoms with Gasteiger partial charge in [-0.3, -0.25) is 14.8 Å². The third kappa shape index (κ3) is 5.41. The van der Waals surface area contributed by atoms with Gasteiger partial charge in [0, 0.05) is 37.9 Å². The van der Waals surface area contributed by atoms with Crippen LogP contribution in [0.1, 0.15) is 75.5 Å². The number of pyridine rings is 1. The maximum absolute atomic E-state index is 5.18. The van der Waals surface area contributed by atoms with Crippen LogP contribution in [0.3, 0.4) is 0 Å². The molecule has 1 aromatic carbocycles. The number of benzene rings is 1. The number of aromatic nitrogens is 3. The number of nitrogens with zero attached hydrogens (tertiary/aromatic N) is 6. The Balaban J connectivity index is 1.19. The van der Waals surface area contributed by atoms with Gasteiger partial charge in [-0.15, -0.1) is 0 Å². The van der Waals surface area contributed by atoms with Crippen LogP contribution < -0.4 is 0 Å². The van der Waals surface area contributed by atoms with E-state index in [-0.39, 0.29) is 0 Å². The average Bonchev–Trinajstić information content (AvgIpc) is 3.53. The van der Waals surface area contributed by atoms with Crippen LogP contribution in [0.25, 0.3) is 11.0 Å². The van der Waals surface area contributed by atoms with E-state index >= 15 is 0 Å². The molecular formula is C32H46N6. The molecule has 0 unspecified atom stereocenters. The molecule has 3 atom stereocenters. The summed E-state index contributed by atoms with van der Waals surface area (Å²) >= 11 is 0. The van der Waals surface area contributed by atoms with E-state index in [1.54, 1.807) is 0 Å². The maximum atomic E-state index is 5.18. The summed E-state index contributed by atoms with van der Waals surface area (Å²) in [5.41, 5.74) is 5.11. The van der Waals surface area contributed by atoms with Crippen LogP contribution in [0.2, 0.25) is 0 Å². The highest BCUT2D eigenvalue weighted by Crippen LogP contribution is 2.33.